The fourth-order valence-electron chi connectivity index (χ4n) is 2.90. The summed E-state index contributed by atoms with van der Waals surface area (Å²) in [6.07, 6.45) is 1.82. The zero-order valence-electron chi connectivity index (χ0n) is 13.2. The lowest BCUT2D eigenvalue weighted by Gasteiger charge is -2.14. The van der Waals surface area contributed by atoms with Crippen LogP contribution in [0.1, 0.15) is 29.3 Å². The minimum atomic E-state index is -0.0797. The van der Waals surface area contributed by atoms with Crippen molar-refractivity contribution >= 4 is 28.1 Å². The van der Waals surface area contributed by atoms with Crippen LogP contribution in [0.2, 0.25) is 0 Å². The number of hydrogen-bond acceptors (Lipinski definition) is 2. The Kier molecular flexibility index (Phi) is 4.29. The van der Waals surface area contributed by atoms with E-state index in [1.54, 1.807) is 0 Å². The highest BCUT2D eigenvalue weighted by Gasteiger charge is 2.15. The summed E-state index contributed by atoms with van der Waals surface area (Å²) in [5.74, 6) is -0.0797. The number of carbonyl (C=O) groups excluding carboxylic acids is 1. The molecule has 0 heterocycles. The molecule has 0 aliphatic rings. The minimum Gasteiger partial charge on any atom is -0.398 e. The predicted molar refractivity (Wildman–Crippen MR) is 96.8 cm³/mol. The van der Waals surface area contributed by atoms with Gasteiger partial charge in [0.2, 0.25) is 0 Å². The molecule has 1 amide bonds. The van der Waals surface area contributed by atoms with Crippen LogP contribution >= 0.6 is 0 Å². The van der Waals surface area contributed by atoms with Crippen molar-refractivity contribution in [1.82, 2.24) is 0 Å². The normalized spacial score (nSPS) is 10.7. The minimum absolute atomic E-state index is 0.0797. The molecule has 3 aromatic rings. The van der Waals surface area contributed by atoms with Crippen molar-refractivity contribution in [3.63, 3.8) is 0 Å². The van der Waals surface area contributed by atoms with Crippen LogP contribution in [-0.2, 0) is 6.42 Å². The molecule has 0 radical (unpaired) electrons. The molecule has 0 aliphatic carbocycles. The Hall–Kier alpha value is -2.81. The molecule has 0 saturated heterocycles. The highest BCUT2D eigenvalue weighted by Crippen LogP contribution is 2.28. The van der Waals surface area contributed by atoms with Gasteiger partial charge in [-0.2, -0.15) is 0 Å². The van der Waals surface area contributed by atoms with Crippen molar-refractivity contribution in [2.45, 2.75) is 19.8 Å². The number of benzene rings is 3. The molecule has 3 nitrogen and oxygen atoms in total. The molecule has 23 heavy (non-hydrogen) atoms. The third kappa shape index (κ3) is 3.04. The lowest BCUT2D eigenvalue weighted by molar-refractivity contribution is 0.102. The molecule has 3 rings (SSSR count). The number of amides is 1. The summed E-state index contributed by atoms with van der Waals surface area (Å²) in [5.41, 5.74) is 9.39. The van der Waals surface area contributed by atoms with Gasteiger partial charge in [0.1, 0.15) is 0 Å². The summed E-state index contributed by atoms with van der Waals surface area (Å²) >= 11 is 0. The molecule has 0 unspecified atom stereocenters. The fraction of sp³-hybridized carbons (Fsp3) is 0.150. The van der Waals surface area contributed by atoms with Gasteiger partial charge in [-0.25, -0.2) is 0 Å². The average Bonchev–Trinajstić information content (AvgIpc) is 2.57. The second-order valence-corrected chi connectivity index (χ2v) is 5.60. The van der Waals surface area contributed by atoms with Gasteiger partial charge in [-0.1, -0.05) is 49.7 Å². The number of aryl methyl sites for hydroxylation is 1. The van der Waals surface area contributed by atoms with E-state index in [1.165, 1.54) is 0 Å². The van der Waals surface area contributed by atoms with Crippen LogP contribution in [0.15, 0.2) is 60.7 Å². The molecule has 3 heteroatoms. The van der Waals surface area contributed by atoms with Crippen molar-refractivity contribution in [3.05, 3.63) is 71.8 Å². The van der Waals surface area contributed by atoms with Crippen LogP contribution in [0.4, 0.5) is 11.4 Å². The number of rotatable bonds is 4. The molecule has 0 spiro atoms. The smallest absolute Gasteiger partial charge is 0.255 e. The molecule has 0 fully saturated rings. The van der Waals surface area contributed by atoms with E-state index in [-0.39, 0.29) is 5.91 Å². The van der Waals surface area contributed by atoms with Crippen LogP contribution in [0.5, 0.6) is 0 Å². The highest BCUT2D eigenvalue weighted by molar-refractivity contribution is 6.09. The number of carbonyl (C=O) groups is 1. The van der Waals surface area contributed by atoms with Crippen molar-refractivity contribution in [1.29, 1.82) is 0 Å². The van der Waals surface area contributed by atoms with Crippen LogP contribution in [0.25, 0.3) is 10.8 Å². The first-order valence-corrected chi connectivity index (χ1v) is 7.87. The number of nitrogen functional groups attached to an aromatic ring is 1. The lowest BCUT2D eigenvalue weighted by atomic mass is 9.94. The van der Waals surface area contributed by atoms with E-state index in [4.69, 9.17) is 5.73 Å². The Morgan fingerprint density at radius 1 is 0.957 bits per heavy atom. The van der Waals surface area contributed by atoms with Crippen LogP contribution in [-0.4, -0.2) is 5.91 Å². The summed E-state index contributed by atoms with van der Waals surface area (Å²) in [5, 5.41) is 5.04. The van der Waals surface area contributed by atoms with E-state index in [9.17, 15) is 4.79 Å². The quantitative estimate of drug-likeness (QED) is 0.691. The lowest BCUT2D eigenvalue weighted by Crippen LogP contribution is -2.14. The predicted octanol–water partition coefficient (Wildman–Crippen LogP) is 4.63. The molecular formula is C20H20N2O. The van der Waals surface area contributed by atoms with E-state index in [2.05, 4.69) is 12.2 Å². The second-order valence-electron chi connectivity index (χ2n) is 5.60. The summed E-state index contributed by atoms with van der Waals surface area (Å²) in [6, 6.07) is 19.2. The summed E-state index contributed by atoms with van der Waals surface area (Å²) in [4.78, 5) is 12.7. The number of nitrogens with one attached hydrogen (secondary N) is 1. The molecule has 116 valence electrons. The van der Waals surface area contributed by atoms with Gasteiger partial charge in [-0.05, 0) is 41.6 Å². The maximum absolute atomic E-state index is 12.7. The van der Waals surface area contributed by atoms with Crippen LogP contribution in [0, 0.1) is 0 Å². The van der Waals surface area contributed by atoms with Gasteiger partial charge >= 0.3 is 0 Å². The van der Waals surface area contributed by atoms with E-state index >= 15 is 0 Å². The van der Waals surface area contributed by atoms with Gasteiger partial charge in [-0.15, -0.1) is 0 Å². The number of anilines is 2. The molecule has 0 bridgehead atoms. The Labute approximate surface area is 136 Å². The van der Waals surface area contributed by atoms with Gasteiger partial charge in [0.15, 0.2) is 0 Å². The number of fused-ring (bicyclic) bond motifs is 1. The van der Waals surface area contributed by atoms with Crippen molar-refractivity contribution in [3.8, 4) is 0 Å². The number of nitrogens with two attached hydrogens (primary N) is 1. The molecule has 0 saturated carbocycles. The largest absolute Gasteiger partial charge is 0.398 e. The molecule has 3 N–H and O–H groups in total. The monoisotopic (exact) mass is 304 g/mol. The first kappa shape index (κ1) is 15.1. The topological polar surface area (TPSA) is 55.1 Å². The van der Waals surface area contributed by atoms with Crippen molar-refractivity contribution in [2.24, 2.45) is 0 Å². The Balaban J connectivity index is 2.06. The number of hydrogen-bond donors (Lipinski definition) is 2. The van der Waals surface area contributed by atoms with E-state index in [1.807, 2.05) is 60.7 Å². The van der Waals surface area contributed by atoms with Crippen LogP contribution < -0.4 is 11.1 Å². The zero-order chi connectivity index (χ0) is 16.2. The SMILES string of the molecule is CCCc1c(C(=O)Nc2ccccc2)ccc2c(N)cccc12. The highest BCUT2D eigenvalue weighted by atomic mass is 16.1. The molecular weight excluding hydrogens is 284 g/mol. The Bertz CT molecular complexity index is 841. The standard InChI is InChI=1S/C20H20N2O/c1-2-7-15-16-10-6-11-19(21)17(16)12-13-18(15)20(23)22-14-8-4-3-5-9-14/h3-6,8-13H,2,7,21H2,1H3,(H,22,23). The maximum atomic E-state index is 12.7. The first-order valence-electron chi connectivity index (χ1n) is 7.87. The molecule has 3 aromatic carbocycles. The number of para-hydroxylation sites is 1. The summed E-state index contributed by atoms with van der Waals surface area (Å²) in [6.45, 7) is 2.12. The molecule has 0 atom stereocenters. The molecule has 0 aliphatic heterocycles. The van der Waals surface area contributed by atoms with Crippen molar-refractivity contribution in [2.75, 3.05) is 11.1 Å². The second kappa shape index (κ2) is 6.53. The fourth-order valence-corrected chi connectivity index (χ4v) is 2.90. The maximum Gasteiger partial charge on any atom is 0.255 e. The van der Waals surface area contributed by atoms with Crippen LogP contribution in [0.3, 0.4) is 0 Å². The van der Waals surface area contributed by atoms with Gasteiger partial charge in [0.05, 0.1) is 0 Å². The third-order valence-electron chi connectivity index (χ3n) is 3.98. The van der Waals surface area contributed by atoms with Gasteiger partial charge in [0, 0.05) is 22.3 Å². The first-order chi connectivity index (χ1) is 11.2. The van der Waals surface area contributed by atoms with Gasteiger partial charge < -0.3 is 11.1 Å². The summed E-state index contributed by atoms with van der Waals surface area (Å²) < 4.78 is 0. The Morgan fingerprint density at radius 2 is 1.74 bits per heavy atom. The van der Waals surface area contributed by atoms with Gasteiger partial charge in [-0.3, -0.25) is 4.79 Å². The average molecular weight is 304 g/mol. The Morgan fingerprint density at radius 3 is 2.48 bits per heavy atom. The van der Waals surface area contributed by atoms with E-state index in [0.29, 0.717) is 5.56 Å². The third-order valence-corrected chi connectivity index (χ3v) is 3.98. The van der Waals surface area contributed by atoms with Crippen molar-refractivity contribution < 1.29 is 4.79 Å². The van der Waals surface area contributed by atoms with E-state index < -0.39 is 0 Å². The zero-order valence-corrected chi connectivity index (χ0v) is 13.2. The summed E-state index contributed by atoms with van der Waals surface area (Å²) in [7, 11) is 0. The van der Waals surface area contributed by atoms with E-state index in [0.717, 1.165) is 40.6 Å². The molecule has 0 aromatic heterocycles. The van der Waals surface area contributed by atoms with Gasteiger partial charge in [0.25, 0.3) is 5.91 Å².